The number of halogens is 4. The predicted octanol–water partition coefficient (Wildman–Crippen LogP) is 5.70. The largest absolute Gasteiger partial charge is 0.471 e. The van der Waals surface area contributed by atoms with Crippen molar-refractivity contribution in [1.29, 1.82) is 0 Å². The van der Waals surface area contributed by atoms with Gasteiger partial charge in [-0.05, 0) is 55.0 Å². The Hall–Kier alpha value is -1.87. The van der Waals surface area contributed by atoms with E-state index < -0.39 is 18.0 Å². The van der Waals surface area contributed by atoms with Crippen LogP contribution in [0.2, 0.25) is 0 Å². The van der Waals surface area contributed by atoms with Gasteiger partial charge in [0.1, 0.15) is 5.00 Å². The zero-order chi connectivity index (χ0) is 19.8. The third-order valence-electron chi connectivity index (χ3n) is 4.37. The van der Waals surface area contributed by atoms with Gasteiger partial charge in [0.05, 0.1) is 5.56 Å². The number of nitrogens with one attached hydrogen (secondary N) is 2. The van der Waals surface area contributed by atoms with Gasteiger partial charge in [-0.3, -0.25) is 9.59 Å². The molecule has 9 heteroatoms. The molecule has 4 nitrogen and oxygen atoms in total. The van der Waals surface area contributed by atoms with Crippen LogP contribution in [0.25, 0.3) is 0 Å². The van der Waals surface area contributed by atoms with Gasteiger partial charge in [-0.2, -0.15) is 13.2 Å². The number of rotatable bonds is 3. The Morgan fingerprint density at radius 1 is 1.19 bits per heavy atom. The molecule has 0 saturated carbocycles. The summed E-state index contributed by atoms with van der Waals surface area (Å²) in [6.45, 7) is 1.94. The SMILES string of the molecule is CC1CCCc2sc(NC(=O)C(F)(F)F)c(C(=O)Nc3ccc(Br)cc3)c21. The van der Waals surface area contributed by atoms with Crippen molar-refractivity contribution >= 4 is 49.8 Å². The number of hydrogen-bond donors (Lipinski definition) is 2. The smallest absolute Gasteiger partial charge is 0.322 e. The highest BCUT2D eigenvalue weighted by Gasteiger charge is 2.40. The molecule has 3 rings (SSSR count). The molecule has 1 aliphatic rings. The van der Waals surface area contributed by atoms with Crippen LogP contribution in [0.5, 0.6) is 0 Å². The van der Waals surface area contributed by atoms with Gasteiger partial charge < -0.3 is 10.6 Å². The molecule has 0 aliphatic heterocycles. The molecule has 0 spiro atoms. The van der Waals surface area contributed by atoms with E-state index in [4.69, 9.17) is 0 Å². The Kier molecular flexibility index (Phi) is 5.62. The number of carbonyl (C=O) groups is 2. The molecule has 0 fully saturated rings. The topological polar surface area (TPSA) is 58.2 Å². The first-order valence-corrected chi connectivity index (χ1v) is 9.88. The molecular formula is C18H16BrF3N2O2S. The monoisotopic (exact) mass is 460 g/mol. The second-order valence-electron chi connectivity index (χ2n) is 6.35. The Bertz CT molecular complexity index is 878. The van der Waals surface area contributed by atoms with Crippen molar-refractivity contribution in [3.63, 3.8) is 0 Å². The number of hydrogen-bond acceptors (Lipinski definition) is 3. The summed E-state index contributed by atoms with van der Waals surface area (Å²) < 4.78 is 38.9. The molecule has 144 valence electrons. The van der Waals surface area contributed by atoms with Gasteiger partial charge >= 0.3 is 12.1 Å². The number of fused-ring (bicyclic) bond motifs is 1. The van der Waals surface area contributed by atoms with E-state index in [1.165, 1.54) is 0 Å². The molecule has 2 amide bonds. The van der Waals surface area contributed by atoms with Crippen LogP contribution in [0.3, 0.4) is 0 Å². The highest BCUT2D eigenvalue weighted by molar-refractivity contribution is 9.10. The van der Waals surface area contributed by atoms with E-state index >= 15 is 0 Å². The number of amides is 2. The highest BCUT2D eigenvalue weighted by Crippen LogP contribution is 2.44. The van der Waals surface area contributed by atoms with E-state index in [2.05, 4.69) is 21.2 Å². The minimum absolute atomic E-state index is 0.0345. The fourth-order valence-electron chi connectivity index (χ4n) is 3.13. The fourth-order valence-corrected chi connectivity index (χ4v) is 4.74. The molecule has 1 aliphatic carbocycles. The lowest BCUT2D eigenvalue weighted by Crippen LogP contribution is -2.30. The Balaban J connectivity index is 1.98. The quantitative estimate of drug-likeness (QED) is 0.616. The van der Waals surface area contributed by atoms with Crippen molar-refractivity contribution < 1.29 is 22.8 Å². The summed E-state index contributed by atoms with van der Waals surface area (Å²) in [5.41, 5.74) is 1.38. The summed E-state index contributed by atoms with van der Waals surface area (Å²) in [5, 5.41) is 4.55. The normalized spacial score (nSPS) is 16.6. The van der Waals surface area contributed by atoms with Gasteiger partial charge in [0.2, 0.25) is 0 Å². The molecule has 1 atom stereocenters. The molecule has 1 unspecified atom stereocenters. The minimum Gasteiger partial charge on any atom is -0.322 e. The van der Waals surface area contributed by atoms with E-state index in [1.807, 2.05) is 12.2 Å². The Morgan fingerprint density at radius 3 is 2.48 bits per heavy atom. The first-order chi connectivity index (χ1) is 12.7. The maximum Gasteiger partial charge on any atom is 0.471 e. The molecular weight excluding hydrogens is 445 g/mol. The molecule has 2 N–H and O–H groups in total. The molecule has 0 saturated heterocycles. The van der Waals surface area contributed by atoms with Crippen LogP contribution in [-0.2, 0) is 11.2 Å². The summed E-state index contributed by atoms with van der Waals surface area (Å²) in [6, 6.07) is 6.84. The third-order valence-corrected chi connectivity index (χ3v) is 6.08. The lowest BCUT2D eigenvalue weighted by molar-refractivity contribution is -0.167. The van der Waals surface area contributed by atoms with Gasteiger partial charge in [-0.1, -0.05) is 22.9 Å². The van der Waals surface area contributed by atoms with E-state index in [-0.39, 0.29) is 16.5 Å². The summed E-state index contributed by atoms with van der Waals surface area (Å²) in [4.78, 5) is 25.2. The second-order valence-corrected chi connectivity index (χ2v) is 8.37. The molecule has 1 heterocycles. The Labute approximate surface area is 166 Å². The molecule has 27 heavy (non-hydrogen) atoms. The predicted molar refractivity (Wildman–Crippen MR) is 102 cm³/mol. The van der Waals surface area contributed by atoms with Crippen molar-refractivity contribution in [3.8, 4) is 0 Å². The molecule has 1 aromatic carbocycles. The lowest BCUT2D eigenvalue weighted by atomic mass is 9.86. The van der Waals surface area contributed by atoms with Gasteiger partial charge in [0.25, 0.3) is 5.91 Å². The minimum atomic E-state index is -5.02. The second kappa shape index (κ2) is 7.63. The van der Waals surface area contributed by atoms with Crippen molar-refractivity contribution in [2.45, 2.75) is 38.3 Å². The number of thiophene rings is 1. The number of anilines is 2. The highest BCUT2D eigenvalue weighted by atomic mass is 79.9. The van der Waals surface area contributed by atoms with Crippen LogP contribution < -0.4 is 10.6 Å². The lowest BCUT2D eigenvalue weighted by Gasteiger charge is -2.20. The zero-order valence-electron chi connectivity index (χ0n) is 14.2. The Morgan fingerprint density at radius 2 is 1.85 bits per heavy atom. The van der Waals surface area contributed by atoms with E-state index in [1.54, 1.807) is 24.3 Å². The maximum atomic E-state index is 12.9. The molecule has 0 bridgehead atoms. The maximum absolute atomic E-state index is 12.9. The van der Waals surface area contributed by atoms with Crippen LogP contribution in [0.1, 0.15) is 46.5 Å². The first-order valence-electron chi connectivity index (χ1n) is 8.27. The van der Waals surface area contributed by atoms with Crippen molar-refractivity contribution in [2.24, 2.45) is 0 Å². The summed E-state index contributed by atoms with van der Waals surface area (Å²) in [5.74, 6) is -2.57. The van der Waals surface area contributed by atoms with Crippen LogP contribution >= 0.6 is 27.3 Å². The number of carbonyl (C=O) groups excluding carboxylic acids is 2. The van der Waals surface area contributed by atoms with Crippen LogP contribution in [0, 0.1) is 0 Å². The van der Waals surface area contributed by atoms with Gasteiger partial charge in [-0.15, -0.1) is 11.3 Å². The van der Waals surface area contributed by atoms with Crippen LogP contribution in [0.15, 0.2) is 28.7 Å². The zero-order valence-corrected chi connectivity index (χ0v) is 16.6. The van der Waals surface area contributed by atoms with E-state index in [0.29, 0.717) is 12.1 Å². The van der Waals surface area contributed by atoms with Gasteiger partial charge in [-0.25, -0.2) is 0 Å². The van der Waals surface area contributed by atoms with Crippen molar-refractivity contribution in [3.05, 3.63) is 44.7 Å². The number of benzene rings is 1. The fraction of sp³-hybridized carbons (Fsp3) is 0.333. The van der Waals surface area contributed by atoms with Crippen molar-refractivity contribution in [1.82, 2.24) is 0 Å². The summed E-state index contributed by atoms with van der Waals surface area (Å²) in [6.07, 6.45) is -2.59. The molecule has 0 radical (unpaired) electrons. The first kappa shape index (κ1) is 19.9. The molecule has 1 aromatic heterocycles. The van der Waals surface area contributed by atoms with E-state index in [0.717, 1.165) is 39.1 Å². The van der Waals surface area contributed by atoms with Crippen LogP contribution in [0.4, 0.5) is 23.9 Å². The van der Waals surface area contributed by atoms with Gasteiger partial charge in [0.15, 0.2) is 0 Å². The summed E-state index contributed by atoms with van der Waals surface area (Å²) in [7, 11) is 0. The number of alkyl halides is 3. The average Bonchev–Trinajstić information content (AvgIpc) is 2.95. The van der Waals surface area contributed by atoms with Gasteiger partial charge in [0, 0.05) is 15.0 Å². The summed E-state index contributed by atoms with van der Waals surface area (Å²) >= 11 is 4.35. The van der Waals surface area contributed by atoms with Crippen LogP contribution in [-0.4, -0.2) is 18.0 Å². The third kappa shape index (κ3) is 4.35. The van der Waals surface area contributed by atoms with E-state index in [9.17, 15) is 22.8 Å². The average molecular weight is 461 g/mol. The van der Waals surface area contributed by atoms with Crippen molar-refractivity contribution in [2.75, 3.05) is 10.6 Å². The standard InChI is InChI=1S/C18H16BrF3N2O2S/c1-9-3-2-4-12-13(9)14(16(27-12)24-17(26)18(20,21)22)15(25)23-11-7-5-10(19)6-8-11/h5-9H,2-4H2,1H3,(H,23,25)(H,24,26). The molecule has 2 aromatic rings. The number of aryl methyl sites for hydroxylation is 1.